The van der Waals surface area contributed by atoms with Crippen LogP contribution in [0.4, 0.5) is 5.82 Å². The molecular weight excluding hydrogens is 188 g/mol. The lowest BCUT2D eigenvalue weighted by atomic mass is 9.92. The molecule has 1 saturated carbocycles. The first kappa shape index (κ1) is 10.4. The van der Waals surface area contributed by atoms with Crippen molar-refractivity contribution >= 4 is 5.82 Å². The molecule has 82 valence electrons. The first-order valence-electron chi connectivity index (χ1n) is 5.51. The second-order valence-electron chi connectivity index (χ2n) is 4.11. The quantitative estimate of drug-likeness (QED) is 0.803. The minimum Gasteiger partial charge on any atom is -0.355 e. The summed E-state index contributed by atoms with van der Waals surface area (Å²) >= 11 is 0. The first-order chi connectivity index (χ1) is 7.31. The van der Waals surface area contributed by atoms with Crippen LogP contribution < -0.4 is 10.2 Å². The molecule has 0 saturated heterocycles. The highest BCUT2D eigenvalue weighted by molar-refractivity contribution is 5.38. The van der Waals surface area contributed by atoms with Gasteiger partial charge in [-0.15, -0.1) is 5.10 Å². The van der Waals surface area contributed by atoms with Gasteiger partial charge in [0, 0.05) is 19.6 Å². The van der Waals surface area contributed by atoms with Gasteiger partial charge in [-0.25, -0.2) is 0 Å². The molecule has 0 atom stereocenters. The molecule has 4 heteroatoms. The van der Waals surface area contributed by atoms with Crippen LogP contribution in [0.2, 0.25) is 0 Å². The molecule has 15 heavy (non-hydrogen) atoms. The van der Waals surface area contributed by atoms with Crippen molar-refractivity contribution in [1.82, 2.24) is 15.5 Å². The van der Waals surface area contributed by atoms with Gasteiger partial charge >= 0.3 is 0 Å². The number of anilines is 1. The van der Waals surface area contributed by atoms with E-state index in [1.165, 1.54) is 19.3 Å². The molecular formula is C11H18N4. The van der Waals surface area contributed by atoms with E-state index in [2.05, 4.69) is 33.5 Å². The second kappa shape index (κ2) is 4.57. The normalized spacial score (nSPS) is 16.1. The molecule has 0 aromatic carbocycles. The van der Waals surface area contributed by atoms with Crippen molar-refractivity contribution in [2.24, 2.45) is 0 Å². The maximum Gasteiger partial charge on any atom is 0.151 e. The Hall–Kier alpha value is -1.16. The SMILES string of the molecule is CNCc1ccc(N(C)C2CCC2)nn1. The van der Waals surface area contributed by atoms with Gasteiger partial charge in [0.15, 0.2) is 5.82 Å². The van der Waals surface area contributed by atoms with Crippen LogP contribution in [-0.4, -0.2) is 30.3 Å². The second-order valence-corrected chi connectivity index (χ2v) is 4.11. The molecule has 0 unspecified atom stereocenters. The maximum atomic E-state index is 4.24. The van der Waals surface area contributed by atoms with E-state index in [0.717, 1.165) is 18.1 Å². The van der Waals surface area contributed by atoms with Gasteiger partial charge in [0.2, 0.25) is 0 Å². The third-order valence-electron chi connectivity index (χ3n) is 3.05. The highest BCUT2D eigenvalue weighted by Crippen LogP contribution is 2.26. The van der Waals surface area contributed by atoms with Gasteiger partial charge < -0.3 is 10.2 Å². The fraction of sp³-hybridized carbons (Fsp3) is 0.636. The molecule has 4 nitrogen and oxygen atoms in total. The van der Waals surface area contributed by atoms with Crippen molar-refractivity contribution in [1.29, 1.82) is 0 Å². The number of hydrogen-bond acceptors (Lipinski definition) is 4. The van der Waals surface area contributed by atoms with Gasteiger partial charge in [-0.3, -0.25) is 0 Å². The molecule has 1 aliphatic carbocycles. The average molecular weight is 206 g/mol. The minimum atomic E-state index is 0.675. The van der Waals surface area contributed by atoms with E-state index in [0.29, 0.717) is 6.04 Å². The van der Waals surface area contributed by atoms with Gasteiger partial charge in [0.05, 0.1) is 5.69 Å². The lowest BCUT2D eigenvalue weighted by Crippen LogP contribution is -2.37. The summed E-state index contributed by atoms with van der Waals surface area (Å²) in [5.41, 5.74) is 0.989. The van der Waals surface area contributed by atoms with E-state index in [1.807, 2.05) is 13.1 Å². The largest absolute Gasteiger partial charge is 0.355 e. The first-order valence-corrected chi connectivity index (χ1v) is 5.51. The van der Waals surface area contributed by atoms with Gasteiger partial charge in [-0.2, -0.15) is 5.10 Å². The molecule has 1 aromatic rings. The van der Waals surface area contributed by atoms with Crippen molar-refractivity contribution < 1.29 is 0 Å². The third kappa shape index (κ3) is 2.26. The van der Waals surface area contributed by atoms with Crippen LogP contribution in [0, 0.1) is 0 Å². The predicted octanol–water partition coefficient (Wildman–Crippen LogP) is 1.18. The summed E-state index contributed by atoms with van der Waals surface area (Å²) in [6.07, 6.45) is 3.92. The van der Waals surface area contributed by atoms with Crippen LogP contribution >= 0.6 is 0 Å². The fourth-order valence-corrected chi connectivity index (χ4v) is 1.78. The molecule has 2 rings (SSSR count). The zero-order chi connectivity index (χ0) is 10.7. The van der Waals surface area contributed by atoms with E-state index >= 15 is 0 Å². The molecule has 1 aromatic heterocycles. The van der Waals surface area contributed by atoms with Crippen LogP contribution in [0.15, 0.2) is 12.1 Å². The number of nitrogens with one attached hydrogen (secondary N) is 1. The molecule has 0 radical (unpaired) electrons. The van der Waals surface area contributed by atoms with E-state index in [1.54, 1.807) is 0 Å². The summed E-state index contributed by atoms with van der Waals surface area (Å²) in [7, 11) is 4.02. The van der Waals surface area contributed by atoms with Crippen molar-refractivity contribution in [2.75, 3.05) is 19.0 Å². The zero-order valence-corrected chi connectivity index (χ0v) is 9.40. The Balaban J connectivity index is 2.02. The minimum absolute atomic E-state index is 0.675. The molecule has 1 heterocycles. The highest BCUT2D eigenvalue weighted by atomic mass is 15.3. The van der Waals surface area contributed by atoms with Crippen LogP contribution in [-0.2, 0) is 6.54 Å². The van der Waals surface area contributed by atoms with Crippen molar-refractivity contribution in [3.05, 3.63) is 17.8 Å². The molecule has 0 aliphatic heterocycles. The van der Waals surface area contributed by atoms with Crippen LogP contribution in [0.25, 0.3) is 0 Å². The lowest BCUT2D eigenvalue weighted by Gasteiger charge is -2.35. The van der Waals surface area contributed by atoms with Gasteiger partial charge in [-0.1, -0.05) is 0 Å². The average Bonchev–Trinajstić information content (AvgIpc) is 2.16. The molecule has 1 aliphatic rings. The predicted molar refractivity (Wildman–Crippen MR) is 60.8 cm³/mol. The molecule has 1 fully saturated rings. The van der Waals surface area contributed by atoms with E-state index in [9.17, 15) is 0 Å². The smallest absolute Gasteiger partial charge is 0.151 e. The Morgan fingerprint density at radius 1 is 1.40 bits per heavy atom. The Labute approximate surface area is 90.7 Å². The molecule has 0 spiro atoms. The van der Waals surface area contributed by atoms with Crippen LogP contribution in [0.3, 0.4) is 0 Å². The molecule has 1 N–H and O–H groups in total. The topological polar surface area (TPSA) is 41.0 Å². The summed E-state index contributed by atoms with van der Waals surface area (Å²) in [4.78, 5) is 2.24. The standard InChI is InChI=1S/C11H18N4/c1-12-8-9-6-7-11(14-13-9)15(2)10-4-3-5-10/h6-7,10,12H,3-5,8H2,1-2H3. The van der Waals surface area contributed by atoms with Crippen molar-refractivity contribution in [3.63, 3.8) is 0 Å². The Bertz CT molecular complexity index is 305. The van der Waals surface area contributed by atoms with E-state index in [-0.39, 0.29) is 0 Å². The van der Waals surface area contributed by atoms with Gasteiger partial charge in [0.25, 0.3) is 0 Å². The third-order valence-corrected chi connectivity index (χ3v) is 3.05. The summed E-state index contributed by atoms with van der Waals surface area (Å²) < 4.78 is 0. The number of hydrogen-bond donors (Lipinski definition) is 1. The number of rotatable bonds is 4. The summed E-state index contributed by atoms with van der Waals surface area (Å²) in [6, 6.07) is 4.76. The Kier molecular flexibility index (Phi) is 3.16. The van der Waals surface area contributed by atoms with E-state index in [4.69, 9.17) is 0 Å². The summed E-state index contributed by atoms with van der Waals surface area (Å²) in [5.74, 6) is 0.986. The van der Waals surface area contributed by atoms with Crippen LogP contribution in [0.1, 0.15) is 25.0 Å². The highest BCUT2D eigenvalue weighted by Gasteiger charge is 2.22. The zero-order valence-electron chi connectivity index (χ0n) is 9.40. The van der Waals surface area contributed by atoms with Gasteiger partial charge in [0.1, 0.15) is 0 Å². The lowest BCUT2D eigenvalue weighted by molar-refractivity contribution is 0.398. The van der Waals surface area contributed by atoms with Crippen LogP contribution in [0.5, 0.6) is 0 Å². The van der Waals surface area contributed by atoms with Crippen molar-refractivity contribution in [2.45, 2.75) is 31.8 Å². The Morgan fingerprint density at radius 2 is 2.20 bits per heavy atom. The molecule has 0 amide bonds. The van der Waals surface area contributed by atoms with Crippen molar-refractivity contribution in [3.8, 4) is 0 Å². The monoisotopic (exact) mass is 206 g/mol. The Morgan fingerprint density at radius 3 is 2.67 bits per heavy atom. The molecule has 0 bridgehead atoms. The van der Waals surface area contributed by atoms with E-state index < -0.39 is 0 Å². The summed E-state index contributed by atoms with van der Waals surface area (Å²) in [6.45, 7) is 0.778. The maximum absolute atomic E-state index is 4.24. The fourth-order valence-electron chi connectivity index (χ4n) is 1.78. The number of nitrogens with zero attached hydrogens (tertiary/aromatic N) is 3. The van der Waals surface area contributed by atoms with Gasteiger partial charge in [-0.05, 0) is 38.4 Å². The summed E-state index contributed by atoms with van der Waals surface area (Å²) in [5, 5.41) is 11.5. The number of aromatic nitrogens is 2.